The fraction of sp³-hybridized carbons (Fsp3) is 1.00. The van der Waals surface area contributed by atoms with Crippen molar-refractivity contribution in [3.05, 3.63) is 0 Å². The summed E-state index contributed by atoms with van der Waals surface area (Å²) in [6, 6.07) is 0. The van der Waals surface area contributed by atoms with Crippen molar-refractivity contribution in [2.45, 2.75) is 50.3 Å². The second kappa shape index (κ2) is 4.73. The standard InChI is InChI=1S/C9H20O6/c1-5(11)6(12)7(13)9(3,15)8(2,14)4-10/h5-7,10-15H,4H2,1-3H3/t5?,6-,7-,8+,9+/m1/s1. The fourth-order valence-corrected chi connectivity index (χ4v) is 1.07. The Morgan fingerprint density at radius 1 is 1.07 bits per heavy atom. The minimum atomic E-state index is -2.14. The van der Waals surface area contributed by atoms with Crippen molar-refractivity contribution in [2.24, 2.45) is 0 Å². The molecule has 0 aromatic carbocycles. The van der Waals surface area contributed by atoms with Gasteiger partial charge in [0.2, 0.25) is 0 Å². The first-order valence-corrected chi connectivity index (χ1v) is 4.67. The van der Waals surface area contributed by atoms with Crippen LogP contribution in [-0.4, -0.2) is 66.8 Å². The molecular formula is C9H20O6. The van der Waals surface area contributed by atoms with Crippen LogP contribution in [0.2, 0.25) is 0 Å². The molecule has 0 aliphatic heterocycles. The van der Waals surface area contributed by atoms with Crippen LogP contribution < -0.4 is 0 Å². The van der Waals surface area contributed by atoms with Crippen LogP contribution in [0.3, 0.4) is 0 Å². The van der Waals surface area contributed by atoms with E-state index < -0.39 is 36.1 Å². The first-order valence-electron chi connectivity index (χ1n) is 4.67. The van der Waals surface area contributed by atoms with E-state index in [1.54, 1.807) is 0 Å². The van der Waals surface area contributed by atoms with Crippen LogP contribution in [-0.2, 0) is 0 Å². The van der Waals surface area contributed by atoms with Gasteiger partial charge in [-0.25, -0.2) is 0 Å². The van der Waals surface area contributed by atoms with E-state index in [1.165, 1.54) is 6.92 Å². The average molecular weight is 224 g/mol. The van der Waals surface area contributed by atoms with Gasteiger partial charge in [0.1, 0.15) is 23.4 Å². The molecule has 0 rings (SSSR count). The summed E-state index contributed by atoms with van der Waals surface area (Å²) >= 11 is 0. The van der Waals surface area contributed by atoms with Crippen LogP contribution in [0, 0.1) is 0 Å². The van der Waals surface area contributed by atoms with Gasteiger partial charge in [0.15, 0.2) is 0 Å². The molecule has 0 aromatic rings. The van der Waals surface area contributed by atoms with Crippen molar-refractivity contribution >= 4 is 0 Å². The zero-order chi connectivity index (χ0) is 12.4. The minimum absolute atomic E-state index is 0.788. The molecule has 0 saturated heterocycles. The summed E-state index contributed by atoms with van der Waals surface area (Å²) in [5, 5.41) is 56.1. The molecule has 1 unspecified atom stereocenters. The second-order valence-corrected chi connectivity index (χ2v) is 4.26. The average Bonchev–Trinajstić information content (AvgIpc) is 2.14. The summed E-state index contributed by atoms with van der Waals surface area (Å²) in [6.45, 7) is 2.63. The molecule has 0 radical (unpaired) electrons. The lowest BCUT2D eigenvalue weighted by molar-refractivity contribution is -0.227. The SMILES string of the molecule is CC(O)[C@@H](O)[C@@H](O)[C@](C)(O)[C@@](C)(O)CO. The van der Waals surface area contributed by atoms with Gasteiger partial charge >= 0.3 is 0 Å². The van der Waals surface area contributed by atoms with Crippen molar-refractivity contribution in [1.82, 2.24) is 0 Å². The lowest BCUT2D eigenvalue weighted by Gasteiger charge is -2.42. The Morgan fingerprint density at radius 2 is 1.47 bits per heavy atom. The van der Waals surface area contributed by atoms with E-state index in [9.17, 15) is 20.4 Å². The monoisotopic (exact) mass is 224 g/mol. The van der Waals surface area contributed by atoms with Gasteiger partial charge in [0.25, 0.3) is 0 Å². The summed E-state index contributed by atoms with van der Waals surface area (Å²) in [7, 11) is 0. The highest BCUT2D eigenvalue weighted by Crippen LogP contribution is 2.27. The largest absolute Gasteiger partial charge is 0.393 e. The summed E-state index contributed by atoms with van der Waals surface area (Å²) in [5.74, 6) is 0. The number of hydrogen-bond acceptors (Lipinski definition) is 6. The topological polar surface area (TPSA) is 121 Å². The highest BCUT2D eigenvalue weighted by atomic mass is 16.4. The predicted octanol–water partition coefficient (Wildman–Crippen LogP) is -2.42. The van der Waals surface area contributed by atoms with Crippen LogP contribution in [0.1, 0.15) is 20.8 Å². The molecule has 5 atom stereocenters. The fourth-order valence-electron chi connectivity index (χ4n) is 1.07. The van der Waals surface area contributed by atoms with E-state index in [0.29, 0.717) is 0 Å². The molecule has 0 saturated carbocycles. The van der Waals surface area contributed by atoms with Crippen LogP contribution in [0.5, 0.6) is 0 Å². The molecular weight excluding hydrogens is 204 g/mol. The summed E-state index contributed by atoms with van der Waals surface area (Å²) in [5.41, 5.74) is -4.12. The van der Waals surface area contributed by atoms with Crippen LogP contribution in [0.4, 0.5) is 0 Å². The molecule has 0 aliphatic rings. The van der Waals surface area contributed by atoms with Crippen LogP contribution >= 0.6 is 0 Å². The third-order valence-electron chi connectivity index (χ3n) is 2.79. The lowest BCUT2D eigenvalue weighted by Crippen LogP contribution is -2.64. The van der Waals surface area contributed by atoms with Gasteiger partial charge in [-0.1, -0.05) is 0 Å². The number of rotatable bonds is 5. The highest BCUT2D eigenvalue weighted by molar-refractivity contribution is 5.01. The van der Waals surface area contributed by atoms with E-state index >= 15 is 0 Å². The van der Waals surface area contributed by atoms with Gasteiger partial charge < -0.3 is 30.6 Å². The van der Waals surface area contributed by atoms with Gasteiger partial charge in [-0.05, 0) is 20.8 Å². The molecule has 0 heterocycles. The summed E-state index contributed by atoms with van der Waals surface area (Å²) in [4.78, 5) is 0. The van der Waals surface area contributed by atoms with Crippen LogP contribution in [0.25, 0.3) is 0 Å². The maximum Gasteiger partial charge on any atom is 0.121 e. The van der Waals surface area contributed by atoms with Crippen molar-refractivity contribution in [3.8, 4) is 0 Å². The molecule has 0 amide bonds. The highest BCUT2D eigenvalue weighted by Gasteiger charge is 2.50. The van der Waals surface area contributed by atoms with E-state index in [4.69, 9.17) is 10.2 Å². The smallest absolute Gasteiger partial charge is 0.121 e. The maximum absolute atomic E-state index is 9.80. The molecule has 6 nitrogen and oxygen atoms in total. The maximum atomic E-state index is 9.80. The number of hydrogen-bond donors (Lipinski definition) is 6. The molecule has 0 bridgehead atoms. The van der Waals surface area contributed by atoms with E-state index in [-0.39, 0.29) is 0 Å². The minimum Gasteiger partial charge on any atom is -0.393 e. The van der Waals surface area contributed by atoms with Gasteiger partial charge in [0, 0.05) is 0 Å². The Morgan fingerprint density at radius 3 is 1.73 bits per heavy atom. The molecule has 0 aromatic heterocycles. The molecule has 0 aliphatic carbocycles. The predicted molar refractivity (Wildman–Crippen MR) is 52.0 cm³/mol. The first-order chi connectivity index (χ1) is 6.58. The van der Waals surface area contributed by atoms with Crippen LogP contribution in [0.15, 0.2) is 0 Å². The quantitative estimate of drug-likeness (QED) is 0.309. The number of aliphatic hydroxyl groups is 6. The van der Waals surface area contributed by atoms with E-state index in [1.807, 2.05) is 0 Å². The number of aliphatic hydroxyl groups excluding tert-OH is 4. The Bertz CT molecular complexity index is 201. The second-order valence-electron chi connectivity index (χ2n) is 4.26. The third kappa shape index (κ3) is 2.87. The Labute approximate surface area is 88.4 Å². The van der Waals surface area contributed by atoms with Gasteiger partial charge in [-0.15, -0.1) is 0 Å². The lowest BCUT2D eigenvalue weighted by atomic mass is 9.79. The Hall–Kier alpha value is -0.240. The summed E-state index contributed by atoms with van der Waals surface area (Å²) in [6.07, 6.45) is -4.65. The molecule has 92 valence electrons. The third-order valence-corrected chi connectivity index (χ3v) is 2.79. The summed E-state index contributed by atoms with van der Waals surface area (Å²) < 4.78 is 0. The Kier molecular flexibility index (Phi) is 4.66. The normalized spacial score (nSPS) is 26.2. The van der Waals surface area contributed by atoms with Crippen molar-refractivity contribution in [3.63, 3.8) is 0 Å². The van der Waals surface area contributed by atoms with Crippen molar-refractivity contribution in [1.29, 1.82) is 0 Å². The Balaban J connectivity index is 4.87. The van der Waals surface area contributed by atoms with Crippen molar-refractivity contribution < 1.29 is 30.6 Å². The van der Waals surface area contributed by atoms with Gasteiger partial charge in [0.05, 0.1) is 12.7 Å². The molecule has 0 fully saturated rings. The van der Waals surface area contributed by atoms with Gasteiger partial charge in [-0.2, -0.15) is 0 Å². The zero-order valence-electron chi connectivity index (χ0n) is 9.12. The van der Waals surface area contributed by atoms with Gasteiger partial charge in [-0.3, -0.25) is 0 Å². The molecule has 15 heavy (non-hydrogen) atoms. The zero-order valence-corrected chi connectivity index (χ0v) is 9.12. The first kappa shape index (κ1) is 14.8. The molecule has 0 spiro atoms. The molecule has 6 N–H and O–H groups in total. The molecule has 6 heteroatoms. The van der Waals surface area contributed by atoms with E-state index in [0.717, 1.165) is 13.8 Å². The van der Waals surface area contributed by atoms with E-state index in [2.05, 4.69) is 0 Å². The van der Waals surface area contributed by atoms with Crippen molar-refractivity contribution in [2.75, 3.05) is 6.61 Å².